The van der Waals surface area contributed by atoms with Gasteiger partial charge in [-0.15, -0.1) is 0 Å². The SMILES string of the molecule is CCCCCCC/C=C\C/C=C\C/C=C\CCCCCCCCCCCCC(=O)NC(CO)C(O)/C=C/CCCCCCCCCCCC. The van der Waals surface area contributed by atoms with Crippen LogP contribution in [-0.4, -0.2) is 34.9 Å². The molecule has 0 aliphatic rings. The number of rotatable bonds is 38. The largest absolute Gasteiger partial charge is 0.394 e. The van der Waals surface area contributed by atoms with Crippen LogP contribution >= 0.6 is 0 Å². The van der Waals surface area contributed by atoms with Crippen molar-refractivity contribution in [2.75, 3.05) is 6.61 Å². The topological polar surface area (TPSA) is 69.6 Å². The molecule has 0 aliphatic heterocycles. The molecule has 0 bridgehead atoms. The summed E-state index contributed by atoms with van der Waals surface area (Å²) in [5.74, 6) is -0.0704. The molecule has 0 saturated carbocycles. The van der Waals surface area contributed by atoms with E-state index < -0.39 is 12.1 Å². The third-order valence-electron chi connectivity index (χ3n) is 9.56. The Morgan fingerprint density at radius 3 is 1.24 bits per heavy atom. The van der Waals surface area contributed by atoms with Crippen molar-refractivity contribution in [3.05, 3.63) is 48.6 Å². The second-order valence-corrected chi connectivity index (χ2v) is 14.4. The first-order chi connectivity index (χ1) is 24.2. The first-order valence-corrected chi connectivity index (χ1v) is 21.4. The van der Waals surface area contributed by atoms with E-state index in [0.29, 0.717) is 6.42 Å². The third-order valence-corrected chi connectivity index (χ3v) is 9.56. The number of unbranched alkanes of at least 4 members (excludes halogenated alkanes) is 25. The van der Waals surface area contributed by atoms with Crippen LogP contribution in [0.25, 0.3) is 0 Å². The maximum atomic E-state index is 12.4. The Labute approximate surface area is 305 Å². The van der Waals surface area contributed by atoms with Gasteiger partial charge in [0.1, 0.15) is 0 Å². The van der Waals surface area contributed by atoms with Crippen LogP contribution in [0.15, 0.2) is 48.6 Å². The van der Waals surface area contributed by atoms with Crippen molar-refractivity contribution in [2.45, 2.75) is 225 Å². The van der Waals surface area contributed by atoms with E-state index in [1.807, 2.05) is 6.08 Å². The Morgan fingerprint density at radius 1 is 0.490 bits per heavy atom. The van der Waals surface area contributed by atoms with Crippen molar-refractivity contribution in [2.24, 2.45) is 0 Å². The Hall–Kier alpha value is -1.65. The van der Waals surface area contributed by atoms with Crippen LogP contribution in [0.3, 0.4) is 0 Å². The number of carbonyl (C=O) groups excluding carboxylic acids is 1. The van der Waals surface area contributed by atoms with Gasteiger partial charge >= 0.3 is 0 Å². The summed E-state index contributed by atoms with van der Waals surface area (Å²) < 4.78 is 0. The number of nitrogens with one attached hydrogen (secondary N) is 1. The van der Waals surface area contributed by atoms with Gasteiger partial charge in [0.25, 0.3) is 0 Å². The summed E-state index contributed by atoms with van der Waals surface area (Å²) in [5.41, 5.74) is 0. The molecule has 0 spiro atoms. The van der Waals surface area contributed by atoms with Gasteiger partial charge < -0.3 is 15.5 Å². The van der Waals surface area contributed by atoms with Crippen molar-refractivity contribution in [3.8, 4) is 0 Å². The fraction of sp³-hybridized carbons (Fsp3) is 0.800. The second-order valence-electron chi connectivity index (χ2n) is 14.4. The van der Waals surface area contributed by atoms with Gasteiger partial charge in [0, 0.05) is 6.42 Å². The molecule has 0 saturated heterocycles. The number of aliphatic hydroxyl groups excluding tert-OH is 2. The molecule has 0 rings (SSSR count). The van der Waals surface area contributed by atoms with E-state index >= 15 is 0 Å². The van der Waals surface area contributed by atoms with Gasteiger partial charge in [-0.1, -0.05) is 197 Å². The summed E-state index contributed by atoms with van der Waals surface area (Å²) in [6.45, 7) is 4.28. The first kappa shape index (κ1) is 47.4. The highest BCUT2D eigenvalue weighted by Gasteiger charge is 2.17. The molecule has 0 aliphatic carbocycles. The van der Waals surface area contributed by atoms with Crippen LogP contribution < -0.4 is 5.32 Å². The molecular formula is C45H83NO3. The minimum atomic E-state index is -0.840. The van der Waals surface area contributed by atoms with Crippen LogP contribution in [0.2, 0.25) is 0 Å². The van der Waals surface area contributed by atoms with Crippen molar-refractivity contribution in [1.82, 2.24) is 5.32 Å². The number of hydrogen-bond donors (Lipinski definition) is 3. The van der Waals surface area contributed by atoms with E-state index in [1.54, 1.807) is 6.08 Å². The average Bonchev–Trinajstić information content (AvgIpc) is 3.10. The molecule has 2 atom stereocenters. The van der Waals surface area contributed by atoms with Gasteiger partial charge in [0.2, 0.25) is 5.91 Å². The van der Waals surface area contributed by atoms with Crippen LogP contribution in [0, 0.1) is 0 Å². The van der Waals surface area contributed by atoms with Crippen LogP contribution in [0.4, 0.5) is 0 Å². The number of allylic oxidation sites excluding steroid dienone is 7. The van der Waals surface area contributed by atoms with E-state index in [4.69, 9.17) is 0 Å². The first-order valence-electron chi connectivity index (χ1n) is 21.4. The maximum Gasteiger partial charge on any atom is 0.220 e. The van der Waals surface area contributed by atoms with Gasteiger partial charge in [-0.3, -0.25) is 4.79 Å². The van der Waals surface area contributed by atoms with E-state index in [0.717, 1.165) is 38.5 Å². The molecule has 0 radical (unpaired) electrons. The molecular weight excluding hydrogens is 602 g/mol. The summed E-state index contributed by atoms with van der Waals surface area (Å²) in [4.78, 5) is 12.4. The molecule has 286 valence electrons. The summed E-state index contributed by atoms with van der Waals surface area (Å²) in [7, 11) is 0. The van der Waals surface area contributed by atoms with E-state index in [2.05, 4.69) is 55.6 Å². The Kier molecular flexibility index (Phi) is 39.4. The summed E-state index contributed by atoms with van der Waals surface area (Å²) in [5, 5.41) is 22.9. The quantitative estimate of drug-likeness (QED) is 0.0447. The lowest BCUT2D eigenvalue weighted by molar-refractivity contribution is -0.123. The van der Waals surface area contributed by atoms with E-state index in [1.165, 1.54) is 154 Å². The highest BCUT2D eigenvalue weighted by molar-refractivity contribution is 5.76. The van der Waals surface area contributed by atoms with Gasteiger partial charge in [0.05, 0.1) is 18.8 Å². The zero-order valence-corrected chi connectivity index (χ0v) is 32.7. The average molecular weight is 686 g/mol. The number of carbonyl (C=O) groups is 1. The molecule has 2 unspecified atom stereocenters. The molecule has 0 aromatic rings. The Morgan fingerprint density at radius 2 is 0.837 bits per heavy atom. The highest BCUT2D eigenvalue weighted by Crippen LogP contribution is 2.14. The van der Waals surface area contributed by atoms with Gasteiger partial charge in [-0.25, -0.2) is 0 Å². The van der Waals surface area contributed by atoms with Crippen LogP contribution in [0.5, 0.6) is 0 Å². The lowest BCUT2D eigenvalue weighted by atomic mass is 10.0. The molecule has 4 heteroatoms. The second kappa shape index (κ2) is 40.8. The van der Waals surface area contributed by atoms with Crippen molar-refractivity contribution in [1.29, 1.82) is 0 Å². The minimum absolute atomic E-state index is 0.0704. The highest BCUT2D eigenvalue weighted by atomic mass is 16.3. The van der Waals surface area contributed by atoms with Crippen molar-refractivity contribution >= 4 is 5.91 Å². The molecule has 0 aromatic carbocycles. The summed E-state index contributed by atoms with van der Waals surface area (Å²) in [6.07, 6.45) is 55.0. The summed E-state index contributed by atoms with van der Waals surface area (Å²) >= 11 is 0. The Balaban J connectivity index is 3.57. The standard InChI is InChI=1S/C45H83NO3/c1-3-5-7-9-11-13-15-17-18-19-20-21-22-23-24-25-26-27-28-29-31-33-35-37-39-41-45(49)46-43(42-47)44(48)40-38-36-34-32-30-16-14-12-10-8-6-4-2/h15,17,19-20,22-23,38,40,43-44,47-48H,3-14,16,18,21,24-37,39,41-42H2,1-2H3,(H,46,49)/b17-15-,20-19-,23-22-,40-38+. The molecule has 4 nitrogen and oxygen atoms in total. The zero-order chi connectivity index (χ0) is 35.7. The Bertz CT molecular complexity index is 786. The van der Waals surface area contributed by atoms with Crippen molar-refractivity contribution < 1.29 is 15.0 Å². The summed E-state index contributed by atoms with van der Waals surface area (Å²) in [6, 6.07) is -0.623. The van der Waals surface area contributed by atoms with Crippen molar-refractivity contribution in [3.63, 3.8) is 0 Å². The number of amides is 1. The number of hydrogen-bond acceptors (Lipinski definition) is 3. The van der Waals surface area contributed by atoms with Gasteiger partial charge in [-0.2, -0.15) is 0 Å². The fourth-order valence-corrected chi connectivity index (χ4v) is 6.24. The fourth-order valence-electron chi connectivity index (χ4n) is 6.24. The van der Waals surface area contributed by atoms with Gasteiger partial charge in [0.15, 0.2) is 0 Å². The van der Waals surface area contributed by atoms with Gasteiger partial charge in [-0.05, 0) is 57.8 Å². The maximum absolute atomic E-state index is 12.4. The molecule has 0 fully saturated rings. The predicted molar refractivity (Wildman–Crippen MR) is 216 cm³/mol. The normalized spacial score (nSPS) is 13.5. The smallest absolute Gasteiger partial charge is 0.220 e. The van der Waals surface area contributed by atoms with Crippen LogP contribution in [-0.2, 0) is 4.79 Å². The zero-order valence-electron chi connectivity index (χ0n) is 32.7. The monoisotopic (exact) mass is 686 g/mol. The molecule has 0 aromatic heterocycles. The van der Waals surface area contributed by atoms with E-state index in [9.17, 15) is 15.0 Å². The van der Waals surface area contributed by atoms with E-state index in [-0.39, 0.29) is 12.5 Å². The lowest BCUT2D eigenvalue weighted by Crippen LogP contribution is -2.45. The predicted octanol–water partition coefficient (Wildman–Crippen LogP) is 13.2. The molecule has 3 N–H and O–H groups in total. The third kappa shape index (κ3) is 37.4. The molecule has 49 heavy (non-hydrogen) atoms. The van der Waals surface area contributed by atoms with Crippen LogP contribution in [0.1, 0.15) is 213 Å². The molecule has 1 amide bonds. The minimum Gasteiger partial charge on any atom is -0.394 e. The number of aliphatic hydroxyl groups is 2. The molecule has 0 heterocycles. The lowest BCUT2D eigenvalue weighted by Gasteiger charge is -2.20.